The molecule has 42 heavy (non-hydrogen) atoms. The highest BCUT2D eigenvalue weighted by molar-refractivity contribution is 9.10. The Bertz CT molecular complexity index is 1880. The van der Waals surface area contributed by atoms with Crippen molar-refractivity contribution < 1.29 is 4.74 Å². The van der Waals surface area contributed by atoms with Crippen LogP contribution in [0.3, 0.4) is 0 Å². The number of ether oxygens (including phenoxy) is 1. The average Bonchev–Trinajstić information content (AvgIpc) is 3.38. The van der Waals surface area contributed by atoms with Crippen molar-refractivity contribution in [3.8, 4) is 17.1 Å². The number of rotatable bonds is 12. The van der Waals surface area contributed by atoms with Crippen molar-refractivity contribution in [2.24, 2.45) is 0 Å². The summed E-state index contributed by atoms with van der Waals surface area (Å²) < 4.78 is 10.1. The van der Waals surface area contributed by atoms with Crippen LogP contribution in [0.1, 0.15) is 65.2 Å². The van der Waals surface area contributed by atoms with Crippen molar-refractivity contribution in [1.82, 2.24) is 9.55 Å². The summed E-state index contributed by atoms with van der Waals surface area (Å²) >= 11 is 3.74. The molecule has 0 aliphatic carbocycles. The van der Waals surface area contributed by atoms with E-state index in [2.05, 4.69) is 101 Å². The molecule has 0 saturated heterocycles. The molecular formula is C37H38BBrN2O. The molecule has 0 spiro atoms. The maximum Gasteiger partial charge on any atom is 0.145 e. The standard InChI is InChI=1S/C37H38BBrN2O/c1-3-5-7-11-21-41-36-32-23-26(38)16-18-30(32)29-19-17-27(39)24-31(29)35(36)40-37(41)34-28-14-10-9-13-25(28)15-20-33(34)42-22-12-8-6-4-2/h9-10,13-20,23-24H,3-8,11-12,21-22H2,1-2H3. The van der Waals surface area contributed by atoms with Gasteiger partial charge in [0.05, 0.1) is 23.2 Å². The highest BCUT2D eigenvalue weighted by atomic mass is 79.9. The van der Waals surface area contributed by atoms with Gasteiger partial charge in [-0.25, -0.2) is 4.98 Å². The second-order valence-electron chi connectivity index (χ2n) is 11.4. The largest absolute Gasteiger partial charge is 0.493 e. The number of unbranched alkanes of at least 4 members (excludes halogenated alkanes) is 6. The van der Waals surface area contributed by atoms with E-state index >= 15 is 0 Å². The summed E-state index contributed by atoms with van der Waals surface area (Å²) in [4.78, 5) is 5.52. The lowest BCUT2D eigenvalue weighted by Crippen LogP contribution is -2.06. The van der Waals surface area contributed by atoms with Gasteiger partial charge < -0.3 is 9.30 Å². The lowest BCUT2D eigenvalue weighted by Gasteiger charge is -2.17. The van der Waals surface area contributed by atoms with Gasteiger partial charge in [0.2, 0.25) is 0 Å². The van der Waals surface area contributed by atoms with Crippen LogP contribution in [-0.2, 0) is 6.54 Å². The molecule has 0 N–H and O–H groups in total. The topological polar surface area (TPSA) is 27.1 Å². The zero-order chi connectivity index (χ0) is 29.1. The molecule has 0 unspecified atom stereocenters. The number of aromatic nitrogens is 2. The summed E-state index contributed by atoms with van der Waals surface area (Å²) in [6.07, 6.45) is 9.39. The van der Waals surface area contributed by atoms with E-state index in [0.717, 1.165) is 68.3 Å². The fourth-order valence-electron chi connectivity index (χ4n) is 6.27. The second-order valence-corrected chi connectivity index (χ2v) is 12.3. The summed E-state index contributed by atoms with van der Waals surface area (Å²) in [7, 11) is 6.42. The minimum absolute atomic E-state index is 0.706. The Kier molecular flexibility index (Phi) is 8.85. The summed E-state index contributed by atoms with van der Waals surface area (Å²) in [6.45, 7) is 6.09. The lowest BCUT2D eigenvalue weighted by molar-refractivity contribution is 0.306. The van der Waals surface area contributed by atoms with E-state index < -0.39 is 0 Å². The van der Waals surface area contributed by atoms with Gasteiger partial charge in [-0.2, -0.15) is 0 Å². The van der Waals surface area contributed by atoms with Gasteiger partial charge in [0.1, 0.15) is 19.4 Å². The van der Waals surface area contributed by atoms with Crippen LogP contribution < -0.4 is 10.2 Å². The molecule has 5 heteroatoms. The SMILES string of the molecule is [B]c1ccc2c3ccc(Br)cc3c3nc(-c4c(OCCCCCC)ccc5ccccc45)n(CCCCCC)c3c2c1. The van der Waals surface area contributed by atoms with Gasteiger partial charge in [0.15, 0.2) is 0 Å². The Morgan fingerprint density at radius 2 is 1.50 bits per heavy atom. The van der Waals surface area contributed by atoms with E-state index in [9.17, 15) is 0 Å². The van der Waals surface area contributed by atoms with Crippen molar-refractivity contribution in [2.75, 3.05) is 6.61 Å². The van der Waals surface area contributed by atoms with E-state index in [1.807, 2.05) is 6.07 Å². The molecule has 212 valence electrons. The summed E-state index contributed by atoms with van der Waals surface area (Å²) in [5.74, 6) is 1.88. The molecule has 0 fully saturated rings. The number of nitrogens with zero attached hydrogens (tertiary/aromatic N) is 2. The minimum atomic E-state index is 0.706. The molecule has 0 atom stereocenters. The van der Waals surface area contributed by atoms with E-state index in [0.29, 0.717) is 6.61 Å². The van der Waals surface area contributed by atoms with Crippen LogP contribution in [0.4, 0.5) is 0 Å². The van der Waals surface area contributed by atoms with Crippen molar-refractivity contribution in [2.45, 2.75) is 71.8 Å². The quantitative estimate of drug-likeness (QED) is 0.0777. The number of benzene rings is 5. The van der Waals surface area contributed by atoms with Gasteiger partial charge in [-0.05, 0) is 52.6 Å². The predicted octanol–water partition coefficient (Wildman–Crippen LogP) is 10.3. The Labute approximate surface area is 258 Å². The molecule has 6 rings (SSSR count). The molecular weight excluding hydrogens is 579 g/mol. The molecule has 1 aromatic heterocycles. The van der Waals surface area contributed by atoms with Crippen LogP contribution in [0, 0.1) is 0 Å². The highest BCUT2D eigenvalue weighted by Crippen LogP contribution is 2.42. The van der Waals surface area contributed by atoms with E-state index in [-0.39, 0.29) is 0 Å². The van der Waals surface area contributed by atoms with E-state index in [4.69, 9.17) is 17.6 Å². The Morgan fingerprint density at radius 3 is 2.33 bits per heavy atom. The molecule has 1 heterocycles. The molecule has 0 saturated carbocycles. The molecule has 3 nitrogen and oxygen atoms in total. The first-order chi connectivity index (χ1) is 20.6. The number of hydrogen-bond donors (Lipinski definition) is 0. The average molecular weight is 617 g/mol. The number of imidazole rings is 1. The summed E-state index contributed by atoms with van der Waals surface area (Å²) in [5, 5.41) is 7.04. The molecule has 0 aliphatic heterocycles. The Balaban J connectivity index is 1.65. The zero-order valence-electron chi connectivity index (χ0n) is 24.8. The molecule has 2 radical (unpaired) electrons. The maximum absolute atomic E-state index is 6.57. The first-order valence-corrected chi connectivity index (χ1v) is 16.4. The zero-order valence-corrected chi connectivity index (χ0v) is 26.3. The molecule has 5 aromatic carbocycles. The monoisotopic (exact) mass is 616 g/mol. The maximum atomic E-state index is 6.57. The van der Waals surface area contributed by atoms with E-state index in [1.54, 1.807) is 0 Å². The molecule has 0 aliphatic rings. The van der Waals surface area contributed by atoms with Crippen molar-refractivity contribution in [3.63, 3.8) is 0 Å². The molecule has 0 amide bonds. The van der Waals surface area contributed by atoms with Gasteiger partial charge in [0.25, 0.3) is 0 Å². The third-order valence-electron chi connectivity index (χ3n) is 8.40. The van der Waals surface area contributed by atoms with Crippen molar-refractivity contribution in [1.29, 1.82) is 0 Å². The van der Waals surface area contributed by atoms with Crippen LogP contribution >= 0.6 is 15.9 Å². The third-order valence-corrected chi connectivity index (χ3v) is 8.89. The van der Waals surface area contributed by atoms with Crippen molar-refractivity contribution >= 4 is 72.6 Å². The molecule has 6 aromatic rings. The molecule has 0 bridgehead atoms. The van der Waals surface area contributed by atoms with Crippen LogP contribution in [0.15, 0.2) is 77.3 Å². The third kappa shape index (κ3) is 5.56. The predicted molar refractivity (Wildman–Crippen MR) is 185 cm³/mol. The summed E-state index contributed by atoms with van der Waals surface area (Å²) in [6, 6.07) is 25.7. The highest BCUT2D eigenvalue weighted by Gasteiger charge is 2.23. The first kappa shape index (κ1) is 28.8. The van der Waals surface area contributed by atoms with Gasteiger partial charge in [-0.15, -0.1) is 0 Å². The van der Waals surface area contributed by atoms with Crippen LogP contribution in [0.25, 0.3) is 54.7 Å². The Hall–Kier alpha value is -3.31. The first-order valence-electron chi connectivity index (χ1n) is 15.6. The normalized spacial score (nSPS) is 11.8. The van der Waals surface area contributed by atoms with Gasteiger partial charge in [0, 0.05) is 21.8 Å². The van der Waals surface area contributed by atoms with Crippen molar-refractivity contribution in [3.05, 3.63) is 77.3 Å². The second kappa shape index (κ2) is 12.9. The van der Waals surface area contributed by atoms with Gasteiger partial charge in [-0.1, -0.05) is 128 Å². The van der Waals surface area contributed by atoms with Crippen LogP contribution in [0.2, 0.25) is 0 Å². The minimum Gasteiger partial charge on any atom is -0.493 e. The van der Waals surface area contributed by atoms with Gasteiger partial charge in [-0.3, -0.25) is 0 Å². The van der Waals surface area contributed by atoms with E-state index in [1.165, 1.54) is 60.1 Å². The number of halogens is 1. The number of fused-ring (bicyclic) bond motifs is 7. The lowest BCUT2D eigenvalue weighted by atomic mass is 9.91. The summed E-state index contributed by atoms with van der Waals surface area (Å²) in [5.41, 5.74) is 4.00. The smallest absolute Gasteiger partial charge is 0.145 e. The van der Waals surface area contributed by atoms with Crippen LogP contribution in [0.5, 0.6) is 5.75 Å². The fraction of sp³-hybridized carbons (Fsp3) is 0.324. The number of aryl methyl sites for hydroxylation is 1. The van der Waals surface area contributed by atoms with Crippen LogP contribution in [-0.4, -0.2) is 24.0 Å². The Morgan fingerprint density at radius 1 is 0.738 bits per heavy atom. The van der Waals surface area contributed by atoms with Gasteiger partial charge >= 0.3 is 0 Å². The fourth-order valence-corrected chi connectivity index (χ4v) is 6.63. The number of hydrogen-bond acceptors (Lipinski definition) is 2.